The second-order valence-electron chi connectivity index (χ2n) is 3.17. The molecule has 1 rings (SSSR count). The summed E-state index contributed by atoms with van der Waals surface area (Å²) in [6.07, 6.45) is 2.71. The van der Waals surface area contributed by atoms with Gasteiger partial charge in [-0.3, -0.25) is 0 Å². The van der Waals surface area contributed by atoms with Gasteiger partial charge < -0.3 is 15.8 Å². The Bertz CT molecular complexity index is 282. The van der Waals surface area contributed by atoms with Gasteiger partial charge in [-0.05, 0) is 30.7 Å². The highest BCUT2D eigenvalue weighted by molar-refractivity contribution is 5.46. The maximum Gasteiger partial charge on any atom is 0.119 e. The van der Waals surface area contributed by atoms with Crippen LogP contribution in [-0.4, -0.2) is 19.7 Å². The van der Waals surface area contributed by atoms with Gasteiger partial charge in [0.25, 0.3) is 0 Å². The fraction of sp³-hybridized carbons (Fsp3) is 0.333. The average Bonchev–Trinajstić information content (AvgIpc) is 2.28. The van der Waals surface area contributed by atoms with Gasteiger partial charge in [-0.1, -0.05) is 6.08 Å². The Labute approximate surface area is 90.9 Å². The normalized spacial score (nSPS) is 9.67. The van der Waals surface area contributed by atoms with Crippen molar-refractivity contribution in [1.29, 1.82) is 0 Å². The van der Waals surface area contributed by atoms with Gasteiger partial charge in [0.05, 0.1) is 6.61 Å². The zero-order valence-corrected chi connectivity index (χ0v) is 8.91. The molecule has 15 heavy (non-hydrogen) atoms. The molecule has 0 saturated carbocycles. The second kappa shape index (κ2) is 6.90. The van der Waals surface area contributed by atoms with Crippen LogP contribution >= 0.6 is 0 Å². The van der Waals surface area contributed by atoms with E-state index in [1.165, 1.54) is 0 Å². The highest BCUT2D eigenvalue weighted by atomic mass is 16.5. The van der Waals surface area contributed by atoms with E-state index in [4.69, 9.17) is 10.5 Å². The first-order valence-electron chi connectivity index (χ1n) is 5.14. The number of hydrogen-bond donors (Lipinski definition) is 2. The topological polar surface area (TPSA) is 47.3 Å². The highest BCUT2D eigenvalue weighted by Crippen LogP contribution is 2.15. The van der Waals surface area contributed by atoms with Gasteiger partial charge in [0.1, 0.15) is 5.75 Å². The number of ether oxygens (including phenoxy) is 1. The van der Waals surface area contributed by atoms with Crippen molar-refractivity contribution in [3.8, 4) is 5.75 Å². The maximum absolute atomic E-state index is 5.48. The van der Waals surface area contributed by atoms with Crippen molar-refractivity contribution >= 4 is 5.69 Å². The molecular weight excluding hydrogens is 188 g/mol. The number of nitrogens with two attached hydrogens (primary N) is 1. The first-order valence-corrected chi connectivity index (χ1v) is 5.14. The smallest absolute Gasteiger partial charge is 0.119 e. The van der Waals surface area contributed by atoms with E-state index in [1.807, 2.05) is 30.3 Å². The molecule has 0 radical (unpaired) electrons. The minimum absolute atomic E-state index is 0.636. The molecule has 0 bridgehead atoms. The predicted octanol–water partition coefficient (Wildman–Crippen LogP) is 2.01. The van der Waals surface area contributed by atoms with Crippen LogP contribution in [0.15, 0.2) is 36.9 Å². The lowest BCUT2D eigenvalue weighted by atomic mass is 10.3. The molecule has 0 aliphatic heterocycles. The lowest BCUT2D eigenvalue weighted by Gasteiger charge is -2.07. The summed E-state index contributed by atoms with van der Waals surface area (Å²) in [6, 6.07) is 7.86. The number of hydrogen-bond acceptors (Lipinski definition) is 3. The number of benzene rings is 1. The molecule has 0 saturated heterocycles. The Kier molecular flexibility index (Phi) is 5.33. The van der Waals surface area contributed by atoms with Crippen LogP contribution in [-0.2, 0) is 0 Å². The Morgan fingerprint density at radius 1 is 1.33 bits per heavy atom. The van der Waals surface area contributed by atoms with Crippen LogP contribution in [0.3, 0.4) is 0 Å². The highest BCUT2D eigenvalue weighted by Gasteiger charge is 1.93. The lowest BCUT2D eigenvalue weighted by Crippen LogP contribution is -2.12. The van der Waals surface area contributed by atoms with Crippen LogP contribution in [0.25, 0.3) is 0 Å². The number of anilines is 1. The zero-order valence-electron chi connectivity index (χ0n) is 8.91. The fourth-order valence-electron chi connectivity index (χ4n) is 1.15. The summed E-state index contributed by atoms with van der Waals surface area (Å²) in [4.78, 5) is 0. The molecule has 0 unspecified atom stereocenters. The van der Waals surface area contributed by atoms with Gasteiger partial charge in [-0.2, -0.15) is 0 Å². The Balaban J connectivity index is 2.38. The molecule has 1 aromatic carbocycles. The van der Waals surface area contributed by atoms with Gasteiger partial charge in [-0.15, -0.1) is 6.58 Å². The van der Waals surface area contributed by atoms with E-state index >= 15 is 0 Å². The molecule has 0 aliphatic carbocycles. The quantitative estimate of drug-likeness (QED) is 0.530. The third-order valence-electron chi connectivity index (χ3n) is 1.92. The van der Waals surface area contributed by atoms with Gasteiger partial charge in [0.2, 0.25) is 0 Å². The molecule has 0 aliphatic rings. The standard InChI is InChI=1S/C12H18N2O/c1-2-3-10-15-12-6-4-11(5-7-12)14-9-8-13/h2,4-7,14H,1,3,8-10,13H2. The van der Waals surface area contributed by atoms with Crippen molar-refractivity contribution in [1.82, 2.24) is 0 Å². The van der Waals surface area contributed by atoms with Crippen LogP contribution in [0.4, 0.5) is 5.69 Å². The zero-order chi connectivity index (χ0) is 10.9. The van der Waals surface area contributed by atoms with Crippen molar-refractivity contribution in [2.24, 2.45) is 5.73 Å². The summed E-state index contributed by atoms with van der Waals surface area (Å²) in [6.45, 7) is 5.74. The second-order valence-corrected chi connectivity index (χ2v) is 3.17. The molecular formula is C12H18N2O. The molecule has 0 fully saturated rings. The minimum Gasteiger partial charge on any atom is -0.493 e. The third-order valence-corrected chi connectivity index (χ3v) is 1.92. The van der Waals surface area contributed by atoms with Crippen LogP contribution in [0.2, 0.25) is 0 Å². The summed E-state index contributed by atoms with van der Waals surface area (Å²) >= 11 is 0. The Hall–Kier alpha value is -1.48. The van der Waals surface area contributed by atoms with Gasteiger partial charge in [-0.25, -0.2) is 0 Å². The van der Waals surface area contributed by atoms with E-state index in [-0.39, 0.29) is 0 Å². The summed E-state index contributed by atoms with van der Waals surface area (Å²) in [5.74, 6) is 0.884. The molecule has 0 amide bonds. The Morgan fingerprint density at radius 2 is 2.07 bits per heavy atom. The van der Waals surface area contributed by atoms with Gasteiger partial charge >= 0.3 is 0 Å². The first-order chi connectivity index (χ1) is 7.36. The SMILES string of the molecule is C=CCCOc1ccc(NCCN)cc1. The summed E-state index contributed by atoms with van der Waals surface area (Å²) in [7, 11) is 0. The predicted molar refractivity (Wildman–Crippen MR) is 64.3 cm³/mol. The molecule has 82 valence electrons. The largest absolute Gasteiger partial charge is 0.493 e. The Morgan fingerprint density at radius 3 is 2.67 bits per heavy atom. The molecule has 3 N–H and O–H groups in total. The van der Waals surface area contributed by atoms with Crippen LogP contribution in [0.1, 0.15) is 6.42 Å². The summed E-state index contributed by atoms with van der Waals surface area (Å²) in [5.41, 5.74) is 6.46. The summed E-state index contributed by atoms with van der Waals surface area (Å²) in [5, 5.41) is 3.19. The van der Waals surface area contributed by atoms with E-state index < -0.39 is 0 Å². The van der Waals surface area contributed by atoms with Crippen molar-refractivity contribution in [2.45, 2.75) is 6.42 Å². The van der Waals surface area contributed by atoms with Crippen LogP contribution < -0.4 is 15.8 Å². The molecule has 0 aromatic heterocycles. The molecule has 0 atom stereocenters. The van der Waals surface area contributed by atoms with Gasteiger partial charge in [0.15, 0.2) is 0 Å². The van der Waals surface area contributed by atoms with Crippen molar-refractivity contribution in [3.05, 3.63) is 36.9 Å². The summed E-state index contributed by atoms with van der Waals surface area (Å²) < 4.78 is 5.48. The van der Waals surface area contributed by atoms with Crippen LogP contribution in [0, 0.1) is 0 Å². The van der Waals surface area contributed by atoms with Crippen molar-refractivity contribution in [2.75, 3.05) is 25.0 Å². The van der Waals surface area contributed by atoms with E-state index in [0.29, 0.717) is 13.2 Å². The molecule has 1 aromatic rings. The van der Waals surface area contributed by atoms with Crippen molar-refractivity contribution < 1.29 is 4.74 Å². The van der Waals surface area contributed by atoms with E-state index in [2.05, 4.69) is 11.9 Å². The molecule has 0 spiro atoms. The number of nitrogens with one attached hydrogen (secondary N) is 1. The van der Waals surface area contributed by atoms with Crippen LogP contribution in [0.5, 0.6) is 5.75 Å². The van der Waals surface area contributed by atoms with E-state index in [1.54, 1.807) is 0 Å². The van der Waals surface area contributed by atoms with E-state index in [0.717, 1.165) is 24.4 Å². The number of rotatable bonds is 7. The van der Waals surface area contributed by atoms with Gasteiger partial charge in [0, 0.05) is 18.8 Å². The molecule has 0 heterocycles. The monoisotopic (exact) mass is 206 g/mol. The van der Waals surface area contributed by atoms with E-state index in [9.17, 15) is 0 Å². The molecule has 3 nitrogen and oxygen atoms in total. The fourth-order valence-corrected chi connectivity index (χ4v) is 1.15. The first kappa shape index (κ1) is 11.6. The lowest BCUT2D eigenvalue weighted by molar-refractivity contribution is 0.325. The van der Waals surface area contributed by atoms with Crippen molar-refractivity contribution in [3.63, 3.8) is 0 Å². The average molecular weight is 206 g/mol. The maximum atomic E-state index is 5.48. The minimum atomic E-state index is 0.636. The third kappa shape index (κ3) is 4.51. The molecule has 3 heteroatoms.